The molecule has 0 radical (unpaired) electrons. The molecule has 0 fully saturated rings. The Bertz CT molecular complexity index is 699. The minimum Gasteiger partial charge on any atom is -0.507 e. The van der Waals surface area contributed by atoms with E-state index in [2.05, 4.69) is 12.5 Å². The van der Waals surface area contributed by atoms with Crippen LogP contribution in [0.2, 0.25) is 0 Å². The molecule has 0 atom stereocenters. The van der Waals surface area contributed by atoms with E-state index in [-0.39, 0.29) is 11.4 Å². The molecule has 0 saturated heterocycles. The molecule has 0 heterocycles. The minimum absolute atomic E-state index is 0.00407. The molecule has 0 aliphatic heterocycles. The average Bonchev–Trinajstić information content (AvgIpc) is 2.48. The monoisotopic (exact) mass is 281 g/mol. The highest BCUT2D eigenvalue weighted by Crippen LogP contribution is 2.23. The minimum atomic E-state index is -0.521. The maximum atomic E-state index is 10.3. The quantitative estimate of drug-likeness (QED) is 0.515. The van der Waals surface area contributed by atoms with Gasteiger partial charge < -0.3 is 5.11 Å². The van der Waals surface area contributed by atoms with E-state index in [0.717, 1.165) is 5.56 Å². The Kier molecular flexibility index (Phi) is 5.72. The molecule has 106 valence electrons. The molecule has 2 aromatic carbocycles. The molecule has 0 unspecified atom stereocenters. The van der Waals surface area contributed by atoms with Crippen LogP contribution in [-0.2, 0) is 0 Å². The van der Waals surface area contributed by atoms with Gasteiger partial charge in [-0.3, -0.25) is 10.1 Å². The van der Waals surface area contributed by atoms with Crippen molar-refractivity contribution in [1.29, 1.82) is 0 Å². The number of phenols is 1. The summed E-state index contributed by atoms with van der Waals surface area (Å²) in [5.41, 5.74) is 2.48. The van der Waals surface area contributed by atoms with E-state index in [1.165, 1.54) is 29.8 Å². The fraction of sp³-hybridized carbons (Fsp3) is 0.0588. The topological polar surface area (TPSA) is 63.4 Å². The number of aryl methyl sites for hydroxylation is 1. The number of rotatable bonds is 2. The largest absolute Gasteiger partial charge is 0.507 e. The van der Waals surface area contributed by atoms with E-state index in [4.69, 9.17) is 11.5 Å². The second-order valence-electron chi connectivity index (χ2n) is 4.22. The zero-order valence-corrected chi connectivity index (χ0v) is 11.6. The number of nitrogens with zero attached hydrogens (tertiary/aromatic N) is 1. The second kappa shape index (κ2) is 7.51. The van der Waals surface area contributed by atoms with Gasteiger partial charge in [-0.05, 0) is 30.7 Å². The maximum absolute atomic E-state index is 10.3. The Morgan fingerprint density at radius 3 is 2.52 bits per heavy atom. The molecule has 0 amide bonds. The van der Waals surface area contributed by atoms with Crippen molar-refractivity contribution >= 4 is 11.8 Å². The molecule has 2 aromatic rings. The molecule has 0 bridgehead atoms. The van der Waals surface area contributed by atoms with Crippen LogP contribution in [0.25, 0.3) is 6.08 Å². The number of nitro groups is 1. The molecule has 0 saturated carbocycles. The van der Waals surface area contributed by atoms with E-state index >= 15 is 0 Å². The molecular weight excluding hydrogens is 266 g/mol. The predicted molar refractivity (Wildman–Crippen MR) is 84.0 cm³/mol. The summed E-state index contributed by atoms with van der Waals surface area (Å²) in [7, 11) is 0. The number of phenolic OH excluding ortho intramolecular Hbond substituents is 1. The van der Waals surface area contributed by atoms with Crippen molar-refractivity contribution in [3.05, 3.63) is 75.8 Å². The number of hydrogen-bond donors (Lipinski definition) is 1. The Balaban J connectivity index is 0.000000219. The maximum Gasteiger partial charge on any atom is 0.270 e. The van der Waals surface area contributed by atoms with Gasteiger partial charge in [-0.1, -0.05) is 30.7 Å². The molecule has 1 N–H and O–H groups in total. The van der Waals surface area contributed by atoms with Crippen molar-refractivity contribution in [2.75, 3.05) is 0 Å². The van der Waals surface area contributed by atoms with Crippen LogP contribution in [0.3, 0.4) is 0 Å². The van der Waals surface area contributed by atoms with Gasteiger partial charge >= 0.3 is 0 Å². The summed E-state index contributed by atoms with van der Waals surface area (Å²) in [4.78, 5) is 9.75. The van der Waals surface area contributed by atoms with Gasteiger partial charge in [0.15, 0.2) is 0 Å². The first-order valence-electron chi connectivity index (χ1n) is 6.11. The second-order valence-corrected chi connectivity index (χ2v) is 4.22. The number of non-ortho nitro benzene ring substituents is 1. The van der Waals surface area contributed by atoms with Gasteiger partial charge in [0, 0.05) is 23.3 Å². The Morgan fingerprint density at radius 2 is 2.05 bits per heavy atom. The summed E-state index contributed by atoms with van der Waals surface area (Å²) in [6.45, 7) is 5.44. The first-order valence-corrected chi connectivity index (χ1v) is 6.11. The highest BCUT2D eigenvalue weighted by atomic mass is 16.6. The van der Waals surface area contributed by atoms with Gasteiger partial charge in [0.05, 0.1) is 4.92 Å². The van der Waals surface area contributed by atoms with Crippen molar-refractivity contribution < 1.29 is 10.0 Å². The fourth-order valence-electron chi connectivity index (χ4n) is 1.55. The SMILES string of the molecule is C#Cc1cccc(C)c1.C=Cc1cc([N+](=O)[O-])ccc1O. The number of nitro benzene ring substituents is 1. The van der Waals surface area contributed by atoms with Gasteiger partial charge in [0.2, 0.25) is 0 Å². The van der Waals surface area contributed by atoms with Crippen molar-refractivity contribution in [3.8, 4) is 18.1 Å². The lowest BCUT2D eigenvalue weighted by Crippen LogP contribution is -1.87. The molecule has 4 heteroatoms. The van der Waals surface area contributed by atoms with Crippen LogP contribution in [-0.4, -0.2) is 10.0 Å². The molecule has 0 aromatic heterocycles. The first kappa shape index (κ1) is 16.0. The standard InChI is InChI=1S/C9H8.C8H7NO3/c1-3-9-6-4-5-8(2)7-9;1-2-6-5-7(9(11)12)3-4-8(6)10/h1,4-7H,2H3;2-5,10H,1H2. The van der Waals surface area contributed by atoms with Gasteiger partial charge in [0.1, 0.15) is 5.75 Å². The lowest BCUT2D eigenvalue weighted by molar-refractivity contribution is -0.384. The number of aromatic hydroxyl groups is 1. The van der Waals surface area contributed by atoms with E-state index in [1.807, 2.05) is 31.2 Å². The third kappa shape index (κ3) is 4.84. The number of terminal acetylenes is 1. The van der Waals surface area contributed by atoms with Gasteiger partial charge in [-0.15, -0.1) is 6.42 Å². The lowest BCUT2D eigenvalue weighted by atomic mass is 10.1. The van der Waals surface area contributed by atoms with Crippen LogP contribution in [0.4, 0.5) is 5.69 Å². The van der Waals surface area contributed by atoms with E-state index < -0.39 is 4.92 Å². The third-order valence-electron chi connectivity index (χ3n) is 2.63. The average molecular weight is 281 g/mol. The lowest BCUT2D eigenvalue weighted by Gasteiger charge is -1.97. The summed E-state index contributed by atoms with van der Waals surface area (Å²) in [5.74, 6) is 2.56. The van der Waals surface area contributed by atoms with E-state index in [0.29, 0.717) is 5.56 Å². The van der Waals surface area contributed by atoms with Crippen molar-refractivity contribution in [2.24, 2.45) is 0 Å². The smallest absolute Gasteiger partial charge is 0.270 e. The Hall–Kier alpha value is -3.06. The molecular formula is C17H15NO3. The summed E-state index contributed by atoms with van der Waals surface area (Å²) >= 11 is 0. The predicted octanol–water partition coefficient (Wildman–Crippen LogP) is 3.92. The molecule has 4 nitrogen and oxygen atoms in total. The van der Waals surface area contributed by atoms with Gasteiger partial charge in [0.25, 0.3) is 5.69 Å². The molecule has 0 aliphatic carbocycles. The fourth-order valence-corrected chi connectivity index (χ4v) is 1.55. The summed E-state index contributed by atoms with van der Waals surface area (Å²) in [5, 5.41) is 19.4. The van der Waals surface area contributed by atoms with Crippen LogP contribution in [0, 0.1) is 29.4 Å². The van der Waals surface area contributed by atoms with Gasteiger partial charge in [-0.25, -0.2) is 0 Å². The van der Waals surface area contributed by atoms with Crippen LogP contribution in [0.5, 0.6) is 5.75 Å². The third-order valence-corrected chi connectivity index (χ3v) is 2.63. The van der Waals surface area contributed by atoms with Gasteiger partial charge in [-0.2, -0.15) is 0 Å². The van der Waals surface area contributed by atoms with Crippen LogP contribution in [0.15, 0.2) is 49.0 Å². The highest BCUT2D eigenvalue weighted by molar-refractivity contribution is 5.58. The van der Waals surface area contributed by atoms with E-state index in [1.54, 1.807) is 0 Å². The zero-order chi connectivity index (χ0) is 15.8. The molecule has 21 heavy (non-hydrogen) atoms. The summed E-state index contributed by atoms with van der Waals surface area (Å²) in [6.07, 6.45) is 6.53. The van der Waals surface area contributed by atoms with Crippen LogP contribution >= 0.6 is 0 Å². The summed E-state index contributed by atoms with van der Waals surface area (Å²) < 4.78 is 0. The highest BCUT2D eigenvalue weighted by Gasteiger charge is 2.07. The van der Waals surface area contributed by atoms with Crippen molar-refractivity contribution in [1.82, 2.24) is 0 Å². The number of hydrogen-bond acceptors (Lipinski definition) is 3. The normalized spacial score (nSPS) is 8.95. The number of benzene rings is 2. The molecule has 0 aliphatic rings. The Labute approximate surface area is 123 Å². The van der Waals surface area contributed by atoms with Crippen LogP contribution in [0.1, 0.15) is 16.7 Å². The molecule has 2 rings (SSSR count). The molecule has 0 spiro atoms. The van der Waals surface area contributed by atoms with Crippen molar-refractivity contribution in [2.45, 2.75) is 6.92 Å². The summed E-state index contributed by atoms with van der Waals surface area (Å²) in [6, 6.07) is 11.7. The van der Waals surface area contributed by atoms with E-state index in [9.17, 15) is 10.1 Å². The van der Waals surface area contributed by atoms with Crippen molar-refractivity contribution in [3.63, 3.8) is 0 Å². The Morgan fingerprint density at radius 1 is 1.33 bits per heavy atom. The first-order chi connectivity index (χ1) is 9.97. The van der Waals surface area contributed by atoms with Crippen LogP contribution < -0.4 is 0 Å². The zero-order valence-electron chi connectivity index (χ0n) is 11.6.